The van der Waals surface area contributed by atoms with E-state index >= 15 is 0 Å². The van der Waals surface area contributed by atoms with Gasteiger partial charge in [-0.25, -0.2) is 9.59 Å². The summed E-state index contributed by atoms with van der Waals surface area (Å²) in [5.41, 5.74) is 1.30. The van der Waals surface area contributed by atoms with Crippen molar-refractivity contribution in [1.82, 2.24) is 5.32 Å². The zero-order valence-electron chi connectivity index (χ0n) is 11.0. The maximum absolute atomic E-state index is 11.8. The molecule has 0 radical (unpaired) electrons. The number of benzene rings is 2. The predicted molar refractivity (Wildman–Crippen MR) is 88.4 cm³/mol. The molecule has 0 aliphatic heterocycles. The van der Waals surface area contributed by atoms with Gasteiger partial charge in [-0.05, 0) is 46.4 Å². The van der Waals surface area contributed by atoms with Crippen LogP contribution in [0.3, 0.4) is 0 Å². The van der Waals surface area contributed by atoms with Gasteiger partial charge in [-0.3, -0.25) is 0 Å². The van der Waals surface area contributed by atoms with E-state index in [9.17, 15) is 9.59 Å². The minimum Gasteiger partial charge on any atom is -0.478 e. The fourth-order valence-corrected chi connectivity index (χ4v) is 2.24. The lowest BCUT2D eigenvalue weighted by molar-refractivity contribution is 0.0698. The third kappa shape index (κ3) is 4.45. The van der Waals surface area contributed by atoms with Gasteiger partial charge in [0.1, 0.15) is 0 Å². The molecule has 2 aromatic carbocycles. The van der Waals surface area contributed by atoms with Gasteiger partial charge >= 0.3 is 12.0 Å². The van der Waals surface area contributed by atoms with Gasteiger partial charge in [-0.2, -0.15) is 0 Å². The Morgan fingerprint density at radius 2 is 1.81 bits per heavy atom. The second-order valence-corrected chi connectivity index (χ2v) is 5.53. The number of carbonyl (C=O) groups is 2. The molecule has 3 N–H and O–H groups in total. The van der Waals surface area contributed by atoms with Crippen LogP contribution >= 0.6 is 22.6 Å². The molecule has 0 fully saturated rings. The largest absolute Gasteiger partial charge is 0.478 e. The van der Waals surface area contributed by atoms with E-state index in [1.165, 1.54) is 6.07 Å². The number of anilines is 1. The quantitative estimate of drug-likeness (QED) is 0.694. The molecule has 0 saturated carbocycles. The van der Waals surface area contributed by atoms with E-state index in [0.717, 1.165) is 9.13 Å². The Kier molecular flexibility index (Phi) is 5.15. The Morgan fingerprint density at radius 3 is 2.48 bits per heavy atom. The number of hydrogen-bond donors (Lipinski definition) is 3. The van der Waals surface area contributed by atoms with Gasteiger partial charge in [0.15, 0.2) is 0 Å². The van der Waals surface area contributed by atoms with Crippen LogP contribution in [-0.4, -0.2) is 17.1 Å². The van der Waals surface area contributed by atoms with Crippen LogP contribution in [0.1, 0.15) is 15.9 Å². The van der Waals surface area contributed by atoms with Gasteiger partial charge in [-0.1, -0.05) is 30.3 Å². The minimum absolute atomic E-state index is 0.0664. The Hall–Kier alpha value is -2.09. The predicted octanol–water partition coefficient (Wildman–Crippen LogP) is 3.31. The van der Waals surface area contributed by atoms with Gasteiger partial charge in [-0.15, -0.1) is 0 Å². The van der Waals surface area contributed by atoms with E-state index in [0.29, 0.717) is 6.54 Å². The highest BCUT2D eigenvalue weighted by Crippen LogP contribution is 2.18. The Bertz CT molecular complexity index is 659. The molecular formula is C15H13IN2O3. The molecule has 0 spiro atoms. The molecular weight excluding hydrogens is 383 g/mol. The summed E-state index contributed by atoms with van der Waals surface area (Å²) < 4.78 is 0.792. The van der Waals surface area contributed by atoms with Crippen molar-refractivity contribution in [3.63, 3.8) is 0 Å². The first-order valence-electron chi connectivity index (χ1n) is 6.18. The molecule has 6 heteroatoms. The van der Waals surface area contributed by atoms with E-state index < -0.39 is 12.0 Å². The number of hydrogen-bond acceptors (Lipinski definition) is 2. The van der Waals surface area contributed by atoms with Crippen molar-refractivity contribution in [2.24, 2.45) is 0 Å². The van der Waals surface area contributed by atoms with E-state index in [1.54, 1.807) is 12.1 Å². The number of halogens is 1. The van der Waals surface area contributed by atoms with Crippen molar-refractivity contribution in [2.75, 3.05) is 5.32 Å². The summed E-state index contributed by atoms with van der Waals surface area (Å²) in [5.74, 6) is -1.08. The maximum Gasteiger partial charge on any atom is 0.337 e. The van der Waals surface area contributed by atoms with Crippen molar-refractivity contribution < 1.29 is 14.7 Å². The average Bonchev–Trinajstić information content (AvgIpc) is 2.48. The molecule has 108 valence electrons. The number of rotatable bonds is 4. The van der Waals surface area contributed by atoms with Crippen LogP contribution in [0.15, 0.2) is 48.5 Å². The van der Waals surface area contributed by atoms with Gasteiger partial charge < -0.3 is 15.7 Å². The maximum atomic E-state index is 11.8. The van der Waals surface area contributed by atoms with Crippen LogP contribution in [0, 0.1) is 3.57 Å². The number of carbonyl (C=O) groups excluding carboxylic acids is 1. The number of nitrogens with one attached hydrogen (secondary N) is 2. The second kappa shape index (κ2) is 7.07. The highest BCUT2D eigenvalue weighted by Gasteiger charge is 2.12. The molecule has 0 aliphatic carbocycles. The average molecular weight is 396 g/mol. The monoisotopic (exact) mass is 396 g/mol. The van der Waals surface area contributed by atoms with Crippen molar-refractivity contribution in [2.45, 2.75) is 6.54 Å². The van der Waals surface area contributed by atoms with Crippen LogP contribution < -0.4 is 10.6 Å². The number of aromatic carboxylic acids is 1. The molecule has 0 saturated heterocycles. The molecule has 2 aromatic rings. The van der Waals surface area contributed by atoms with Gasteiger partial charge in [0.2, 0.25) is 0 Å². The molecule has 21 heavy (non-hydrogen) atoms. The molecule has 0 aliphatic rings. The molecule has 2 amide bonds. The first-order valence-corrected chi connectivity index (χ1v) is 7.26. The summed E-state index contributed by atoms with van der Waals surface area (Å²) >= 11 is 2.02. The summed E-state index contributed by atoms with van der Waals surface area (Å²) in [6.07, 6.45) is 0. The number of amides is 2. The van der Waals surface area contributed by atoms with Crippen molar-refractivity contribution in [1.29, 1.82) is 0 Å². The highest BCUT2D eigenvalue weighted by molar-refractivity contribution is 14.1. The second-order valence-electron chi connectivity index (χ2n) is 4.29. The first-order chi connectivity index (χ1) is 10.1. The fraction of sp³-hybridized carbons (Fsp3) is 0.0667. The minimum atomic E-state index is -1.08. The molecule has 5 nitrogen and oxygen atoms in total. The summed E-state index contributed by atoms with van der Waals surface area (Å²) in [5, 5.41) is 14.4. The van der Waals surface area contributed by atoms with Crippen LogP contribution in [0.5, 0.6) is 0 Å². The van der Waals surface area contributed by atoms with Crippen molar-refractivity contribution in [3.05, 3.63) is 63.2 Å². The Balaban J connectivity index is 2.01. The lowest BCUT2D eigenvalue weighted by atomic mass is 10.2. The topological polar surface area (TPSA) is 78.4 Å². The molecule has 0 atom stereocenters. The van der Waals surface area contributed by atoms with Crippen LogP contribution in [0.4, 0.5) is 10.5 Å². The zero-order valence-corrected chi connectivity index (χ0v) is 13.1. The van der Waals surface area contributed by atoms with E-state index in [4.69, 9.17) is 5.11 Å². The fourth-order valence-electron chi connectivity index (χ4n) is 1.75. The lowest BCUT2D eigenvalue weighted by Gasteiger charge is -2.10. The van der Waals surface area contributed by atoms with E-state index in [2.05, 4.69) is 10.6 Å². The lowest BCUT2D eigenvalue weighted by Crippen LogP contribution is -2.28. The van der Waals surface area contributed by atoms with Crippen molar-refractivity contribution >= 4 is 40.3 Å². The van der Waals surface area contributed by atoms with Crippen molar-refractivity contribution in [3.8, 4) is 0 Å². The third-order valence-electron chi connectivity index (χ3n) is 2.76. The van der Waals surface area contributed by atoms with Crippen LogP contribution in [0.25, 0.3) is 0 Å². The Labute approximate surface area is 135 Å². The molecule has 2 rings (SSSR count). The highest BCUT2D eigenvalue weighted by atomic mass is 127. The van der Waals surface area contributed by atoms with Crippen LogP contribution in [0.2, 0.25) is 0 Å². The third-order valence-corrected chi connectivity index (χ3v) is 3.43. The molecule has 0 aromatic heterocycles. The molecule has 0 unspecified atom stereocenters. The summed E-state index contributed by atoms with van der Waals surface area (Å²) in [6.45, 7) is 0.374. The SMILES string of the molecule is O=C(NCc1ccccc1)Nc1ccc(I)cc1C(=O)O. The first kappa shape index (κ1) is 15.3. The number of carboxylic acid groups (broad SMARTS) is 1. The molecule has 0 heterocycles. The van der Waals surface area contributed by atoms with Gasteiger partial charge in [0.05, 0.1) is 11.3 Å². The standard InChI is InChI=1S/C15H13IN2O3/c16-11-6-7-13(12(8-11)14(19)20)18-15(21)17-9-10-4-2-1-3-5-10/h1-8H,9H2,(H,19,20)(H2,17,18,21). The summed E-state index contributed by atoms with van der Waals surface area (Å²) in [4.78, 5) is 23.0. The van der Waals surface area contributed by atoms with Gasteiger partial charge in [0.25, 0.3) is 0 Å². The van der Waals surface area contributed by atoms with E-state index in [1.807, 2.05) is 52.9 Å². The summed E-state index contributed by atoms with van der Waals surface area (Å²) in [7, 11) is 0. The zero-order chi connectivity index (χ0) is 15.2. The number of carboxylic acids is 1. The summed E-state index contributed by atoms with van der Waals surface area (Å²) in [6, 6.07) is 13.8. The van der Waals surface area contributed by atoms with Gasteiger partial charge in [0, 0.05) is 10.1 Å². The normalized spacial score (nSPS) is 9.95. The van der Waals surface area contributed by atoms with E-state index in [-0.39, 0.29) is 11.3 Å². The smallest absolute Gasteiger partial charge is 0.337 e. The number of urea groups is 1. The van der Waals surface area contributed by atoms with Crippen LogP contribution in [-0.2, 0) is 6.54 Å². The Morgan fingerprint density at radius 1 is 1.10 bits per heavy atom. The molecule has 0 bridgehead atoms.